The van der Waals surface area contributed by atoms with Gasteiger partial charge >= 0.3 is 5.69 Å². The third-order valence-electron chi connectivity index (χ3n) is 7.14. The molecular formula is C21H25F3N4O2. The van der Waals surface area contributed by atoms with Crippen molar-refractivity contribution >= 4 is 16.6 Å². The van der Waals surface area contributed by atoms with Crippen molar-refractivity contribution in [1.82, 2.24) is 9.55 Å². The standard InChI is InChI=1S/C21H25F3N4O2/c1-10-16-13(19(29)26-20(30)28(16)12-4-5-12)7-15(22)17(10)27-8-11-3-2-6-21(23,24)18(25)14(11)9-27/h7,11-12,14,18H,2-6,8-9,25H2,1H3,(H,26,29,30). The number of H-pyrrole nitrogens is 1. The summed E-state index contributed by atoms with van der Waals surface area (Å²) in [7, 11) is 0. The number of fused-ring (bicyclic) bond motifs is 2. The normalized spacial score (nSPS) is 28.6. The quantitative estimate of drug-likeness (QED) is 0.780. The second-order valence-electron chi connectivity index (χ2n) is 9.10. The zero-order valence-corrected chi connectivity index (χ0v) is 16.8. The predicted molar refractivity (Wildman–Crippen MR) is 108 cm³/mol. The summed E-state index contributed by atoms with van der Waals surface area (Å²) in [6.07, 6.45) is 2.47. The van der Waals surface area contributed by atoms with Crippen LogP contribution in [-0.2, 0) is 0 Å². The average molecular weight is 422 g/mol. The van der Waals surface area contributed by atoms with Gasteiger partial charge in [0.2, 0.25) is 0 Å². The molecular weight excluding hydrogens is 397 g/mol. The number of nitrogens with two attached hydrogens (primary N) is 1. The fourth-order valence-electron chi connectivity index (χ4n) is 5.51. The van der Waals surface area contributed by atoms with E-state index in [1.807, 2.05) is 0 Å². The van der Waals surface area contributed by atoms with Crippen LogP contribution in [0.5, 0.6) is 0 Å². The zero-order chi connectivity index (χ0) is 21.4. The molecule has 1 saturated heterocycles. The topological polar surface area (TPSA) is 84.1 Å². The molecule has 3 unspecified atom stereocenters. The number of aryl methyl sites for hydroxylation is 1. The maximum Gasteiger partial charge on any atom is 0.329 e. The maximum atomic E-state index is 15.2. The molecule has 162 valence electrons. The molecule has 6 nitrogen and oxygen atoms in total. The molecule has 3 fully saturated rings. The van der Waals surface area contributed by atoms with Crippen LogP contribution in [0.2, 0.25) is 0 Å². The molecule has 0 bridgehead atoms. The highest BCUT2D eigenvalue weighted by molar-refractivity contribution is 5.87. The molecule has 3 N–H and O–H groups in total. The summed E-state index contributed by atoms with van der Waals surface area (Å²) in [5, 5.41) is 0.136. The molecule has 9 heteroatoms. The molecule has 1 aromatic carbocycles. The Balaban J connectivity index is 1.63. The first-order valence-electron chi connectivity index (χ1n) is 10.5. The number of rotatable bonds is 2. The van der Waals surface area contributed by atoms with Crippen LogP contribution in [0.4, 0.5) is 18.9 Å². The van der Waals surface area contributed by atoms with Gasteiger partial charge in [0.05, 0.1) is 22.6 Å². The predicted octanol–water partition coefficient (Wildman–Crippen LogP) is 2.67. The number of nitrogens with zero attached hydrogens (tertiary/aromatic N) is 2. The van der Waals surface area contributed by atoms with Crippen LogP contribution in [0.15, 0.2) is 15.7 Å². The second-order valence-corrected chi connectivity index (χ2v) is 9.10. The van der Waals surface area contributed by atoms with Gasteiger partial charge in [-0.25, -0.2) is 18.0 Å². The molecule has 1 aliphatic heterocycles. The van der Waals surface area contributed by atoms with Gasteiger partial charge in [-0.2, -0.15) is 0 Å². The Bertz CT molecular complexity index is 1140. The lowest BCUT2D eigenvalue weighted by atomic mass is 9.87. The highest BCUT2D eigenvalue weighted by Gasteiger charge is 2.50. The molecule has 1 aromatic heterocycles. The third-order valence-corrected chi connectivity index (χ3v) is 7.14. The first kappa shape index (κ1) is 19.7. The highest BCUT2D eigenvalue weighted by atomic mass is 19.3. The molecule has 2 aromatic rings. The Morgan fingerprint density at radius 3 is 2.63 bits per heavy atom. The number of benzene rings is 1. The van der Waals surface area contributed by atoms with Gasteiger partial charge in [-0.15, -0.1) is 0 Å². The molecule has 30 heavy (non-hydrogen) atoms. The third kappa shape index (κ3) is 2.89. The summed E-state index contributed by atoms with van der Waals surface area (Å²) < 4.78 is 45.4. The van der Waals surface area contributed by atoms with Crippen molar-refractivity contribution in [2.45, 2.75) is 57.0 Å². The van der Waals surface area contributed by atoms with E-state index in [0.29, 0.717) is 30.5 Å². The first-order valence-corrected chi connectivity index (χ1v) is 10.5. The zero-order valence-electron chi connectivity index (χ0n) is 16.8. The molecule has 0 amide bonds. The van der Waals surface area contributed by atoms with Crippen molar-refractivity contribution in [3.05, 3.63) is 38.3 Å². The largest absolute Gasteiger partial charge is 0.368 e. The Labute approximate surface area is 170 Å². The molecule has 3 atom stereocenters. The monoisotopic (exact) mass is 422 g/mol. The summed E-state index contributed by atoms with van der Waals surface area (Å²) >= 11 is 0. The van der Waals surface area contributed by atoms with Crippen molar-refractivity contribution in [2.75, 3.05) is 18.0 Å². The summed E-state index contributed by atoms with van der Waals surface area (Å²) in [4.78, 5) is 28.9. The van der Waals surface area contributed by atoms with Gasteiger partial charge in [-0.05, 0) is 44.6 Å². The smallest absolute Gasteiger partial charge is 0.329 e. The summed E-state index contributed by atoms with van der Waals surface area (Å²) in [5.74, 6) is -3.97. The lowest BCUT2D eigenvalue weighted by molar-refractivity contribution is -0.0439. The van der Waals surface area contributed by atoms with Crippen LogP contribution in [0.1, 0.15) is 43.7 Å². The van der Waals surface area contributed by atoms with Crippen molar-refractivity contribution < 1.29 is 13.2 Å². The molecule has 2 heterocycles. The molecule has 5 rings (SSSR count). The van der Waals surface area contributed by atoms with Gasteiger partial charge in [-0.3, -0.25) is 14.3 Å². The fourth-order valence-corrected chi connectivity index (χ4v) is 5.51. The van der Waals surface area contributed by atoms with Crippen molar-refractivity contribution in [2.24, 2.45) is 17.6 Å². The van der Waals surface area contributed by atoms with E-state index in [-0.39, 0.29) is 36.0 Å². The lowest BCUT2D eigenvalue weighted by Gasteiger charge is -2.28. The van der Waals surface area contributed by atoms with Gasteiger partial charge in [0.1, 0.15) is 5.82 Å². The lowest BCUT2D eigenvalue weighted by Crippen LogP contribution is -2.47. The molecule has 2 saturated carbocycles. The highest BCUT2D eigenvalue weighted by Crippen LogP contribution is 2.44. The van der Waals surface area contributed by atoms with Gasteiger partial charge in [0.15, 0.2) is 0 Å². The Hall–Kier alpha value is -2.29. The fraction of sp³-hybridized carbons (Fsp3) is 0.619. The SMILES string of the molecule is Cc1c(N2CC3CCCC(F)(F)C(N)C3C2)c(F)cc2c(=O)[nH]c(=O)n(C3CC3)c12. The number of anilines is 1. The number of aromatic amines is 1. The van der Waals surface area contributed by atoms with Crippen molar-refractivity contribution in [1.29, 1.82) is 0 Å². The number of halogens is 3. The summed E-state index contributed by atoms with van der Waals surface area (Å²) in [5.41, 5.74) is 6.06. The number of hydrogen-bond acceptors (Lipinski definition) is 4. The van der Waals surface area contributed by atoms with Crippen LogP contribution >= 0.6 is 0 Å². The van der Waals surface area contributed by atoms with Crippen LogP contribution in [0.25, 0.3) is 10.9 Å². The molecule has 0 radical (unpaired) electrons. The van der Waals surface area contributed by atoms with Crippen LogP contribution in [-0.4, -0.2) is 34.6 Å². The number of aromatic nitrogens is 2. The first-order chi connectivity index (χ1) is 14.2. The molecule has 2 aliphatic carbocycles. The van der Waals surface area contributed by atoms with E-state index in [4.69, 9.17) is 5.73 Å². The van der Waals surface area contributed by atoms with E-state index in [1.165, 1.54) is 0 Å². The summed E-state index contributed by atoms with van der Waals surface area (Å²) in [6, 6.07) is -0.102. The number of hydrogen-bond donors (Lipinski definition) is 2. The Kier molecular flexibility index (Phi) is 4.33. The number of alkyl halides is 2. The molecule has 3 aliphatic rings. The van der Waals surface area contributed by atoms with E-state index in [2.05, 4.69) is 4.98 Å². The van der Waals surface area contributed by atoms with Crippen molar-refractivity contribution in [3.8, 4) is 0 Å². The van der Waals surface area contributed by atoms with Crippen LogP contribution < -0.4 is 21.9 Å². The summed E-state index contributed by atoms with van der Waals surface area (Å²) in [6.45, 7) is 2.37. The van der Waals surface area contributed by atoms with Gasteiger partial charge in [-0.1, -0.05) is 0 Å². The van der Waals surface area contributed by atoms with E-state index in [1.54, 1.807) is 16.4 Å². The Morgan fingerprint density at radius 1 is 1.20 bits per heavy atom. The minimum Gasteiger partial charge on any atom is -0.368 e. The van der Waals surface area contributed by atoms with E-state index in [0.717, 1.165) is 18.9 Å². The second kappa shape index (κ2) is 6.60. The average Bonchev–Trinajstić information content (AvgIpc) is 3.43. The van der Waals surface area contributed by atoms with Gasteiger partial charge in [0.25, 0.3) is 11.5 Å². The van der Waals surface area contributed by atoms with E-state index in [9.17, 15) is 18.4 Å². The maximum absolute atomic E-state index is 15.2. The van der Waals surface area contributed by atoms with Gasteiger partial charge in [0, 0.05) is 37.0 Å². The minimum atomic E-state index is -2.92. The number of nitrogens with one attached hydrogen (secondary N) is 1. The van der Waals surface area contributed by atoms with E-state index >= 15 is 4.39 Å². The molecule has 0 spiro atoms. The van der Waals surface area contributed by atoms with E-state index < -0.39 is 34.9 Å². The van der Waals surface area contributed by atoms with Gasteiger partial charge < -0.3 is 10.6 Å². The van der Waals surface area contributed by atoms with Crippen LogP contribution in [0, 0.1) is 24.6 Å². The van der Waals surface area contributed by atoms with Crippen molar-refractivity contribution in [3.63, 3.8) is 0 Å². The minimum absolute atomic E-state index is 0.00866. The van der Waals surface area contributed by atoms with Crippen LogP contribution in [0.3, 0.4) is 0 Å². The Morgan fingerprint density at radius 2 is 1.93 bits per heavy atom.